The molecule has 0 radical (unpaired) electrons. The summed E-state index contributed by atoms with van der Waals surface area (Å²) < 4.78 is 31.5. The first-order valence-corrected chi connectivity index (χ1v) is 9.37. The van der Waals surface area contributed by atoms with E-state index in [0.29, 0.717) is 34.2 Å². The maximum absolute atomic E-state index is 13.2. The minimum Gasteiger partial charge on any atom is -0.493 e. The molecule has 3 aromatic rings. The van der Waals surface area contributed by atoms with E-state index in [9.17, 15) is 14.0 Å². The van der Waals surface area contributed by atoms with Gasteiger partial charge in [-0.2, -0.15) is 0 Å². The SMILES string of the molecule is COc1cc(C(=O)NCCn2nc(-c3ccc(F)cc3)n(C)c2=O)cc(OC)c1OC. The van der Waals surface area contributed by atoms with Crippen LogP contribution in [0.25, 0.3) is 11.4 Å². The van der Waals surface area contributed by atoms with Gasteiger partial charge in [-0.3, -0.25) is 9.36 Å². The van der Waals surface area contributed by atoms with Gasteiger partial charge in [-0.1, -0.05) is 0 Å². The van der Waals surface area contributed by atoms with E-state index < -0.39 is 0 Å². The Morgan fingerprint density at radius 3 is 2.23 bits per heavy atom. The first-order valence-electron chi connectivity index (χ1n) is 9.37. The van der Waals surface area contributed by atoms with Gasteiger partial charge < -0.3 is 19.5 Å². The van der Waals surface area contributed by atoms with Gasteiger partial charge in [-0.25, -0.2) is 13.9 Å². The van der Waals surface area contributed by atoms with Crippen LogP contribution in [0, 0.1) is 5.82 Å². The van der Waals surface area contributed by atoms with Gasteiger partial charge in [0.2, 0.25) is 5.75 Å². The highest BCUT2D eigenvalue weighted by atomic mass is 19.1. The highest BCUT2D eigenvalue weighted by molar-refractivity contribution is 5.95. The largest absolute Gasteiger partial charge is 0.493 e. The number of nitrogens with one attached hydrogen (secondary N) is 1. The Balaban J connectivity index is 1.72. The van der Waals surface area contributed by atoms with Crippen molar-refractivity contribution in [2.24, 2.45) is 7.05 Å². The van der Waals surface area contributed by atoms with Gasteiger partial charge in [-0.15, -0.1) is 5.10 Å². The molecule has 0 bridgehead atoms. The number of ether oxygens (including phenoxy) is 3. The number of aromatic nitrogens is 3. The third-order valence-corrected chi connectivity index (χ3v) is 4.68. The lowest BCUT2D eigenvalue weighted by Crippen LogP contribution is -2.31. The molecule has 0 saturated carbocycles. The van der Waals surface area contributed by atoms with E-state index in [0.717, 1.165) is 0 Å². The molecule has 10 heteroatoms. The van der Waals surface area contributed by atoms with E-state index in [-0.39, 0.29) is 30.5 Å². The molecule has 0 aliphatic heterocycles. The average Bonchev–Trinajstić information content (AvgIpc) is 3.07. The summed E-state index contributed by atoms with van der Waals surface area (Å²) in [6, 6.07) is 8.78. The fraction of sp³-hybridized carbons (Fsp3) is 0.286. The maximum atomic E-state index is 13.2. The fourth-order valence-electron chi connectivity index (χ4n) is 3.07. The topological polar surface area (TPSA) is 96.6 Å². The molecule has 0 aliphatic rings. The Bertz CT molecular complexity index is 1110. The highest BCUT2D eigenvalue weighted by Crippen LogP contribution is 2.38. The van der Waals surface area contributed by atoms with E-state index in [1.165, 1.54) is 54.8 Å². The number of halogens is 1. The summed E-state index contributed by atoms with van der Waals surface area (Å²) in [7, 11) is 5.99. The molecule has 1 aromatic heterocycles. The number of carbonyl (C=O) groups excluding carboxylic acids is 1. The standard InChI is InChI=1S/C21H23FN4O5/c1-25-19(13-5-7-15(22)8-6-13)24-26(21(25)28)10-9-23-20(27)14-11-16(29-2)18(31-4)17(12-14)30-3/h5-8,11-12H,9-10H2,1-4H3,(H,23,27). The maximum Gasteiger partial charge on any atom is 0.345 e. The molecule has 0 atom stereocenters. The second-order valence-corrected chi connectivity index (χ2v) is 6.57. The molecule has 0 aliphatic carbocycles. The van der Waals surface area contributed by atoms with E-state index in [4.69, 9.17) is 14.2 Å². The van der Waals surface area contributed by atoms with E-state index in [1.54, 1.807) is 19.2 Å². The van der Waals surface area contributed by atoms with Crippen molar-refractivity contribution < 1.29 is 23.4 Å². The van der Waals surface area contributed by atoms with Gasteiger partial charge in [0.15, 0.2) is 17.3 Å². The monoisotopic (exact) mass is 430 g/mol. The molecule has 1 N–H and O–H groups in total. The molecular formula is C21H23FN4O5. The minimum absolute atomic E-state index is 0.157. The van der Waals surface area contributed by atoms with Crippen LogP contribution >= 0.6 is 0 Å². The van der Waals surface area contributed by atoms with Gasteiger partial charge in [0.25, 0.3) is 5.91 Å². The van der Waals surface area contributed by atoms with E-state index >= 15 is 0 Å². The number of methoxy groups -OCH3 is 3. The molecule has 0 spiro atoms. The molecule has 31 heavy (non-hydrogen) atoms. The zero-order chi connectivity index (χ0) is 22.5. The van der Waals surface area contributed by atoms with Gasteiger partial charge >= 0.3 is 5.69 Å². The molecule has 164 valence electrons. The second-order valence-electron chi connectivity index (χ2n) is 6.57. The van der Waals surface area contributed by atoms with Crippen molar-refractivity contribution in [3.63, 3.8) is 0 Å². The molecular weight excluding hydrogens is 407 g/mol. The number of hydrogen-bond acceptors (Lipinski definition) is 6. The predicted octanol–water partition coefficient (Wildman–Crippen LogP) is 1.84. The zero-order valence-corrected chi connectivity index (χ0v) is 17.6. The lowest BCUT2D eigenvalue weighted by molar-refractivity contribution is 0.0951. The Kier molecular flexibility index (Phi) is 6.58. The lowest BCUT2D eigenvalue weighted by Gasteiger charge is -2.14. The van der Waals surface area contributed by atoms with Crippen LogP contribution in [0.3, 0.4) is 0 Å². The minimum atomic E-state index is -0.373. The molecule has 3 rings (SSSR count). The van der Waals surface area contributed by atoms with Crippen molar-refractivity contribution in [2.75, 3.05) is 27.9 Å². The number of hydrogen-bond donors (Lipinski definition) is 1. The molecule has 2 aromatic carbocycles. The van der Waals surface area contributed by atoms with E-state index in [1.807, 2.05) is 0 Å². The van der Waals surface area contributed by atoms with Crippen molar-refractivity contribution in [1.29, 1.82) is 0 Å². The van der Waals surface area contributed by atoms with Gasteiger partial charge in [-0.05, 0) is 36.4 Å². The fourth-order valence-corrected chi connectivity index (χ4v) is 3.07. The van der Waals surface area contributed by atoms with Crippen LogP contribution in [0.1, 0.15) is 10.4 Å². The summed E-state index contributed by atoms with van der Waals surface area (Å²) in [6.07, 6.45) is 0. The second kappa shape index (κ2) is 9.33. The zero-order valence-electron chi connectivity index (χ0n) is 17.6. The summed E-state index contributed by atoms with van der Waals surface area (Å²) in [6.45, 7) is 0.319. The molecule has 9 nitrogen and oxygen atoms in total. The Hall–Kier alpha value is -3.82. The summed E-state index contributed by atoms with van der Waals surface area (Å²) in [4.78, 5) is 25.0. The lowest BCUT2D eigenvalue weighted by atomic mass is 10.1. The van der Waals surface area contributed by atoms with Crippen LogP contribution in [0.4, 0.5) is 4.39 Å². The summed E-state index contributed by atoms with van der Waals surface area (Å²) in [5.74, 6) is 0.759. The number of carbonyl (C=O) groups is 1. The normalized spacial score (nSPS) is 10.6. The first-order chi connectivity index (χ1) is 14.9. The van der Waals surface area contributed by atoms with Crippen LogP contribution in [0.5, 0.6) is 17.2 Å². The number of rotatable bonds is 8. The smallest absolute Gasteiger partial charge is 0.345 e. The van der Waals surface area contributed by atoms with Crippen LogP contribution < -0.4 is 25.2 Å². The Morgan fingerprint density at radius 2 is 1.68 bits per heavy atom. The molecule has 1 amide bonds. The average molecular weight is 430 g/mol. The van der Waals surface area contributed by atoms with Crippen LogP contribution in [0.2, 0.25) is 0 Å². The molecule has 0 fully saturated rings. The number of nitrogens with zero attached hydrogens (tertiary/aromatic N) is 3. The summed E-state index contributed by atoms with van der Waals surface area (Å²) in [5, 5.41) is 7.03. The third-order valence-electron chi connectivity index (χ3n) is 4.68. The van der Waals surface area contributed by atoms with Crippen molar-refractivity contribution >= 4 is 5.91 Å². The highest BCUT2D eigenvalue weighted by Gasteiger charge is 2.17. The van der Waals surface area contributed by atoms with Crippen molar-refractivity contribution in [2.45, 2.75) is 6.54 Å². The molecule has 1 heterocycles. The molecule has 0 saturated heterocycles. The van der Waals surface area contributed by atoms with Crippen LogP contribution in [0.15, 0.2) is 41.2 Å². The summed E-state index contributed by atoms with van der Waals surface area (Å²) in [5.41, 5.74) is 0.581. The number of benzene rings is 2. The summed E-state index contributed by atoms with van der Waals surface area (Å²) >= 11 is 0. The number of amides is 1. The van der Waals surface area contributed by atoms with Crippen molar-refractivity contribution in [3.05, 3.63) is 58.3 Å². The van der Waals surface area contributed by atoms with Gasteiger partial charge in [0.1, 0.15) is 5.82 Å². The molecule has 0 unspecified atom stereocenters. The van der Waals surface area contributed by atoms with Crippen molar-refractivity contribution in [1.82, 2.24) is 19.7 Å². The Labute approximate surface area is 178 Å². The van der Waals surface area contributed by atoms with Gasteiger partial charge in [0, 0.05) is 24.7 Å². The first kappa shape index (κ1) is 21.9. The van der Waals surface area contributed by atoms with E-state index in [2.05, 4.69) is 10.4 Å². The van der Waals surface area contributed by atoms with Crippen LogP contribution in [-0.2, 0) is 13.6 Å². The van der Waals surface area contributed by atoms with Crippen LogP contribution in [-0.4, -0.2) is 48.1 Å². The predicted molar refractivity (Wildman–Crippen MR) is 111 cm³/mol. The van der Waals surface area contributed by atoms with Crippen molar-refractivity contribution in [3.8, 4) is 28.6 Å². The quantitative estimate of drug-likeness (QED) is 0.586. The Morgan fingerprint density at radius 1 is 1.06 bits per heavy atom. The third kappa shape index (κ3) is 4.52. The van der Waals surface area contributed by atoms with Gasteiger partial charge in [0.05, 0.1) is 27.9 Å².